The van der Waals surface area contributed by atoms with Crippen LogP contribution in [0, 0.1) is 0 Å². The number of nitrogens with one attached hydrogen (secondary N) is 3. The summed E-state index contributed by atoms with van der Waals surface area (Å²) in [7, 11) is -3.91. The third kappa shape index (κ3) is 8.45. The van der Waals surface area contributed by atoms with Gasteiger partial charge in [0.15, 0.2) is 0 Å². The van der Waals surface area contributed by atoms with Crippen LogP contribution in [0.2, 0.25) is 5.02 Å². The number of carboxylic acid groups (broad SMARTS) is 1. The van der Waals surface area contributed by atoms with E-state index in [4.69, 9.17) is 31.2 Å². The molecule has 0 unspecified atom stereocenters. The van der Waals surface area contributed by atoms with Crippen LogP contribution in [-0.4, -0.2) is 59.8 Å². The van der Waals surface area contributed by atoms with Crippen molar-refractivity contribution in [3.63, 3.8) is 0 Å². The number of halogens is 4. The summed E-state index contributed by atoms with van der Waals surface area (Å²) < 4.78 is 66.9. The second-order valence-electron chi connectivity index (χ2n) is 10.0. The van der Waals surface area contributed by atoms with Crippen LogP contribution >= 0.6 is 22.9 Å². The normalized spacial score (nSPS) is 14.9. The largest absolute Gasteiger partial charge is 0.490 e. The molecule has 47 heavy (non-hydrogen) atoms. The Balaban J connectivity index is 0.000000559. The van der Waals surface area contributed by atoms with Crippen molar-refractivity contribution in [3.05, 3.63) is 83.5 Å². The highest BCUT2D eigenvalue weighted by atomic mass is 35.5. The number of hydrogen-bond donors (Lipinski definition) is 4. The number of aromatic nitrogens is 3. The number of alkyl halides is 3. The molecule has 1 fully saturated rings. The van der Waals surface area contributed by atoms with E-state index >= 15 is 0 Å². The Morgan fingerprint density at radius 3 is 2.51 bits per heavy atom. The highest BCUT2D eigenvalue weighted by Gasteiger charge is 2.38. The summed E-state index contributed by atoms with van der Waals surface area (Å²) in [5.41, 5.74) is 2.82. The van der Waals surface area contributed by atoms with Crippen LogP contribution in [-0.2, 0) is 14.8 Å². The SMILES string of the molecule is O=C(O)C(F)(F)F.O=S(=O)(Nc1cccc2c(Oc3ncsc3-c3ccnc(N[C@H]4CCCNC4)n3)cccc12)c1ccccc1Cl. The molecule has 0 aliphatic carbocycles. The Hall–Kier alpha value is -4.51. The number of nitrogens with zero attached hydrogens (tertiary/aromatic N) is 3. The first-order chi connectivity index (χ1) is 22.4. The van der Waals surface area contributed by atoms with Crippen LogP contribution in [0.5, 0.6) is 11.6 Å². The third-order valence-electron chi connectivity index (χ3n) is 6.75. The molecule has 1 saturated heterocycles. The zero-order valence-corrected chi connectivity index (χ0v) is 26.6. The summed E-state index contributed by atoms with van der Waals surface area (Å²) in [6.45, 7) is 1.91. The van der Waals surface area contributed by atoms with E-state index < -0.39 is 22.2 Å². The van der Waals surface area contributed by atoms with Crippen LogP contribution in [0.1, 0.15) is 12.8 Å². The first-order valence-electron chi connectivity index (χ1n) is 13.9. The minimum Gasteiger partial charge on any atom is -0.475 e. The van der Waals surface area contributed by atoms with Gasteiger partial charge in [-0.3, -0.25) is 4.72 Å². The van der Waals surface area contributed by atoms with E-state index in [0.29, 0.717) is 34.3 Å². The predicted octanol–water partition coefficient (Wildman–Crippen LogP) is 6.80. The summed E-state index contributed by atoms with van der Waals surface area (Å²) in [4.78, 5) is 23.2. The van der Waals surface area contributed by atoms with Crippen molar-refractivity contribution < 1.29 is 36.2 Å². The minimum absolute atomic E-state index is 0.00616. The van der Waals surface area contributed by atoms with Gasteiger partial charge in [-0.05, 0) is 49.7 Å². The van der Waals surface area contributed by atoms with Gasteiger partial charge in [0.05, 0.1) is 21.9 Å². The van der Waals surface area contributed by atoms with Gasteiger partial charge in [-0.15, -0.1) is 11.3 Å². The molecule has 3 heterocycles. The van der Waals surface area contributed by atoms with Gasteiger partial charge in [0.2, 0.25) is 11.8 Å². The maximum Gasteiger partial charge on any atom is 0.490 e. The number of benzene rings is 3. The van der Waals surface area contributed by atoms with Gasteiger partial charge in [0.1, 0.15) is 15.5 Å². The fourth-order valence-electron chi connectivity index (χ4n) is 4.62. The van der Waals surface area contributed by atoms with Crippen molar-refractivity contribution >= 4 is 61.3 Å². The molecule has 0 spiro atoms. The molecule has 17 heteroatoms. The molecule has 1 aliphatic heterocycles. The monoisotopic (exact) mass is 706 g/mol. The number of rotatable bonds is 8. The molecular weight excluding hydrogens is 681 g/mol. The van der Waals surface area contributed by atoms with E-state index in [-0.39, 0.29) is 16.0 Å². The molecule has 246 valence electrons. The van der Waals surface area contributed by atoms with Crippen LogP contribution in [0.25, 0.3) is 21.3 Å². The number of carbonyl (C=O) groups is 1. The summed E-state index contributed by atoms with van der Waals surface area (Å²) in [5, 5.41) is 15.5. The zero-order chi connectivity index (χ0) is 33.6. The van der Waals surface area contributed by atoms with Crippen LogP contribution in [0.3, 0.4) is 0 Å². The molecule has 1 aliphatic rings. The van der Waals surface area contributed by atoms with Crippen LogP contribution in [0.15, 0.2) is 83.3 Å². The van der Waals surface area contributed by atoms with E-state index in [9.17, 15) is 21.6 Å². The van der Waals surface area contributed by atoms with E-state index in [1.807, 2.05) is 30.3 Å². The van der Waals surface area contributed by atoms with Gasteiger partial charge < -0.3 is 20.5 Å². The summed E-state index contributed by atoms with van der Waals surface area (Å²) in [5.74, 6) is -1.26. The summed E-state index contributed by atoms with van der Waals surface area (Å²) in [6.07, 6.45) is -1.19. The maximum atomic E-state index is 13.1. The fourth-order valence-corrected chi connectivity index (χ4v) is 6.90. The molecule has 6 rings (SSSR count). The third-order valence-corrected chi connectivity index (χ3v) is 9.45. The number of aliphatic carboxylic acids is 1. The van der Waals surface area contributed by atoms with Crippen molar-refractivity contribution in [3.8, 4) is 22.2 Å². The molecule has 5 aromatic rings. The lowest BCUT2D eigenvalue weighted by atomic mass is 10.1. The molecular formula is C30H26ClF3N6O5S2. The van der Waals surface area contributed by atoms with Gasteiger partial charge in [-0.1, -0.05) is 48.0 Å². The van der Waals surface area contributed by atoms with Crippen molar-refractivity contribution in [1.29, 1.82) is 0 Å². The lowest BCUT2D eigenvalue weighted by Crippen LogP contribution is -2.38. The van der Waals surface area contributed by atoms with Gasteiger partial charge in [0, 0.05) is 29.6 Å². The molecule has 0 radical (unpaired) electrons. The Bertz CT molecular complexity index is 1990. The smallest absolute Gasteiger partial charge is 0.475 e. The van der Waals surface area contributed by atoms with Crippen molar-refractivity contribution in [2.24, 2.45) is 0 Å². The second kappa shape index (κ2) is 14.5. The van der Waals surface area contributed by atoms with Crippen molar-refractivity contribution in [1.82, 2.24) is 20.3 Å². The van der Waals surface area contributed by atoms with Crippen molar-refractivity contribution in [2.45, 2.75) is 30.0 Å². The second-order valence-corrected chi connectivity index (χ2v) is 13.0. The highest BCUT2D eigenvalue weighted by Crippen LogP contribution is 2.39. The lowest BCUT2D eigenvalue weighted by molar-refractivity contribution is -0.192. The number of piperidine rings is 1. The first-order valence-corrected chi connectivity index (χ1v) is 16.7. The number of fused-ring (bicyclic) bond motifs is 1. The quantitative estimate of drug-likeness (QED) is 0.135. The molecule has 0 bridgehead atoms. The Kier molecular flexibility index (Phi) is 10.4. The Morgan fingerprint density at radius 1 is 1.04 bits per heavy atom. The topological polar surface area (TPSA) is 155 Å². The van der Waals surface area contributed by atoms with Gasteiger partial charge in [0.25, 0.3) is 10.0 Å². The fraction of sp³-hybridized carbons (Fsp3) is 0.200. The summed E-state index contributed by atoms with van der Waals surface area (Å²) >= 11 is 7.58. The molecule has 1 atom stereocenters. The lowest BCUT2D eigenvalue weighted by Gasteiger charge is -2.23. The molecule has 0 amide bonds. The van der Waals surface area contributed by atoms with Gasteiger partial charge >= 0.3 is 12.1 Å². The highest BCUT2D eigenvalue weighted by molar-refractivity contribution is 7.92. The standard InChI is InChI=1S/C28H25ClN6O3S2.C2HF3O2/c29-21-9-1-2-12-25(21)40(36,37)35-22-10-3-8-20-19(22)7-4-11-24(20)38-27-26(39-17-32-27)23-13-15-31-28(34-23)33-18-6-5-14-30-16-18;3-2(4,5)1(6)7/h1-4,7-13,15,17-18,30,35H,5-6,14,16H2,(H,31,33,34);(H,6,7)/t18-;/m0./s1. The number of hydrogen-bond acceptors (Lipinski definition) is 10. The molecule has 0 saturated carbocycles. The summed E-state index contributed by atoms with van der Waals surface area (Å²) in [6, 6.07) is 19.2. The number of anilines is 2. The predicted molar refractivity (Wildman–Crippen MR) is 173 cm³/mol. The molecule has 11 nitrogen and oxygen atoms in total. The maximum absolute atomic E-state index is 13.1. The van der Waals surface area contributed by atoms with Crippen LogP contribution < -0.4 is 20.1 Å². The zero-order valence-electron chi connectivity index (χ0n) is 24.2. The number of ether oxygens (including phenoxy) is 1. The Labute approximate surface area is 275 Å². The number of sulfonamides is 1. The molecule has 2 aromatic heterocycles. The first kappa shape index (κ1) is 33.8. The molecule has 4 N–H and O–H groups in total. The van der Waals surface area contributed by atoms with E-state index in [2.05, 4.69) is 25.3 Å². The minimum atomic E-state index is -5.08. The molecule has 3 aromatic carbocycles. The van der Waals surface area contributed by atoms with Gasteiger partial charge in [-0.25, -0.2) is 28.2 Å². The van der Waals surface area contributed by atoms with Crippen molar-refractivity contribution in [2.75, 3.05) is 23.1 Å². The Morgan fingerprint density at radius 2 is 1.79 bits per heavy atom. The number of carboxylic acids is 1. The van der Waals surface area contributed by atoms with E-state index in [1.54, 1.807) is 42.0 Å². The van der Waals surface area contributed by atoms with E-state index in [1.165, 1.54) is 17.4 Å². The van der Waals surface area contributed by atoms with E-state index in [0.717, 1.165) is 36.2 Å². The number of thiazole rings is 1. The average molecular weight is 707 g/mol. The van der Waals surface area contributed by atoms with Crippen LogP contribution in [0.4, 0.5) is 24.8 Å². The van der Waals surface area contributed by atoms with Gasteiger partial charge in [-0.2, -0.15) is 13.2 Å². The average Bonchev–Trinajstić information content (AvgIpc) is 3.50.